The van der Waals surface area contributed by atoms with Gasteiger partial charge >= 0.3 is 5.97 Å². The highest BCUT2D eigenvalue weighted by Crippen LogP contribution is 2.55. The summed E-state index contributed by atoms with van der Waals surface area (Å²) in [4.78, 5) is 11.7. The topological polar surface area (TPSA) is 50.1 Å². The molecular formula is C16H13NO2. The van der Waals surface area contributed by atoms with Crippen LogP contribution in [0.5, 0.6) is 0 Å². The van der Waals surface area contributed by atoms with Crippen molar-refractivity contribution in [3.05, 3.63) is 48.0 Å². The van der Waals surface area contributed by atoms with Crippen LogP contribution < -0.4 is 0 Å². The lowest BCUT2D eigenvalue weighted by Gasteiger charge is -2.12. The first-order chi connectivity index (χ1) is 9.23. The molecule has 0 heterocycles. The maximum atomic E-state index is 11.7. The van der Waals surface area contributed by atoms with Gasteiger partial charge in [0, 0.05) is 0 Å². The van der Waals surface area contributed by atoms with Gasteiger partial charge in [0.1, 0.15) is 0 Å². The molecule has 3 heteroatoms. The second kappa shape index (κ2) is 4.10. The Bertz CT molecular complexity index is 696. The molecule has 0 amide bonds. The summed E-state index contributed by atoms with van der Waals surface area (Å²) < 4.78 is 4.77. The van der Waals surface area contributed by atoms with E-state index in [2.05, 4.69) is 6.07 Å². The average Bonchev–Trinajstić information content (AvgIpc) is 3.22. The third kappa shape index (κ3) is 1.61. The van der Waals surface area contributed by atoms with Crippen molar-refractivity contribution in [1.29, 1.82) is 5.26 Å². The highest BCUT2D eigenvalue weighted by atomic mass is 16.5. The highest BCUT2D eigenvalue weighted by molar-refractivity contribution is 5.90. The number of hydrogen-bond donors (Lipinski definition) is 0. The van der Waals surface area contributed by atoms with Gasteiger partial charge in [-0.3, -0.25) is 4.79 Å². The molecule has 0 N–H and O–H groups in total. The predicted octanol–water partition coefficient (Wildman–Crippen LogP) is 2.79. The van der Waals surface area contributed by atoms with E-state index in [0.717, 1.165) is 16.3 Å². The van der Waals surface area contributed by atoms with Gasteiger partial charge in [-0.05, 0) is 22.8 Å². The Morgan fingerprint density at radius 3 is 2.79 bits per heavy atom. The number of esters is 1. The van der Waals surface area contributed by atoms with Crippen molar-refractivity contribution in [2.24, 2.45) is 5.92 Å². The van der Waals surface area contributed by atoms with Crippen molar-refractivity contribution < 1.29 is 9.53 Å². The number of hydrogen-bond acceptors (Lipinski definition) is 3. The van der Waals surface area contributed by atoms with Crippen molar-refractivity contribution in [1.82, 2.24) is 0 Å². The summed E-state index contributed by atoms with van der Waals surface area (Å²) in [6, 6.07) is 16.1. The van der Waals surface area contributed by atoms with Crippen LogP contribution in [-0.4, -0.2) is 13.1 Å². The molecule has 2 atom stereocenters. The number of carbonyl (C=O) groups is 1. The van der Waals surface area contributed by atoms with Crippen molar-refractivity contribution in [2.45, 2.75) is 11.8 Å². The fourth-order valence-corrected chi connectivity index (χ4v) is 2.79. The molecule has 1 aliphatic carbocycles. The third-order valence-electron chi connectivity index (χ3n) is 3.92. The Morgan fingerprint density at radius 1 is 1.32 bits per heavy atom. The minimum Gasteiger partial charge on any atom is -0.469 e. The molecule has 19 heavy (non-hydrogen) atoms. The summed E-state index contributed by atoms with van der Waals surface area (Å²) >= 11 is 0. The predicted molar refractivity (Wildman–Crippen MR) is 71.4 cm³/mol. The largest absolute Gasteiger partial charge is 0.469 e. The van der Waals surface area contributed by atoms with Gasteiger partial charge in [-0.2, -0.15) is 5.26 Å². The van der Waals surface area contributed by atoms with Crippen molar-refractivity contribution >= 4 is 16.7 Å². The maximum Gasteiger partial charge on any atom is 0.310 e. The first-order valence-corrected chi connectivity index (χ1v) is 6.20. The molecular weight excluding hydrogens is 238 g/mol. The third-order valence-corrected chi connectivity index (χ3v) is 3.92. The molecule has 0 bridgehead atoms. The molecule has 0 saturated heterocycles. The number of nitrogens with zero attached hydrogens (tertiary/aromatic N) is 1. The van der Waals surface area contributed by atoms with Gasteiger partial charge < -0.3 is 4.74 Å². The molecule has 94 valence electrons. The monoisotopic (exact) mass is 251 g/mol. The van der Waals surface area contributed by atoms with Gasteiger partial charge in [-0.1, -0.05) is 42.5 Å². The summed E-state index contributed by atoms with van der Waals surface area (Å²) in [6.45, 7) is 0. The van der Waals surface area contributed by atoms with E-state index in [1.165, 1.54) is 7.11 Å². The van der Waals surface area contributed by atoms with Crippen LogP contribution in [0.3, 0.4) is 0 Å². The number of rotatable bonds is 2. The van der Waals surface area contributed by atoms with Crippen LogP contribution in [0, 0.1) is 17.2 Å². The van der Waals surface area contributed by atoms with Crippen LogP contribution in [0.4, 0.5) is 0 Å². The molecule has 2 unspecified atom stereocenters. The molecule has 2 aromatic carbocycles. The number of ether oxygens (including phenoxy) is 1. The van der Waals surface area contributed by atoms with E-state index < -0.39 is 5.41 Å². The Balaban J connectivity index is 2.15. The van der Waals surface area contributed by atoms with E-state index in [1.54, 1.807) is 0 Å². The van der Waals surface area contributed by atoms with Crippen molar-refractivity contribution in [3.63, 3.8) is 0 Å². The SMILES string of the molecule is COC(=O)C1CC1(C#N)c1cccc2ccccc12. The van der Waals surface area contributed by atoms with Gasteiger partial charge in [0.25, 0.3) is 0 Å². The first kappa shape index (κ1) is 11.7. The molecule has 3 rings (SSSR count). The minimum atomic E-state index is -0.714. The average molecular weight is 251 g/mol. The summed E-state index contributed by atoms with van der Waals surface area (Å²) in [6.07, 6.45) is 0.546. The van der Waals surface area contributed by atoms with Gasteiger partial charge in [0.15, 0.2) is 0 Å². The first-order valence-electron chi connectivity index (χ1n) is 6.20. The molecule has 0 aliphatic heterocycles. The van der Waals surface area contributed by atoms with E-state index in [-0.39, 0.29) is 11.9 Å². The fraction of sp³-hybridized carbons (Fsp3) is 0.250. The smallest absolute Gasteiger partial charge is 0.310 e. The molecule has 0 spiro atoms. The van der Waals surface area contributed by atoms with Crippen LogP contribution in [0.15, 0.2) is 42.5 Å². The highest BCUT2D eigenvalue weighted by Gasteiger charge is 2.61. The minimum absolute atomic E-state index is 0.297. The Labute approximate surface area is 111 Å². The fourth-order valence-electron chi connectivity index (χ4n) is 2.79. The molecule has 0 aromatic heterocycles. The molecule has 0 radical (unpaired) electrons. The van der Waals surface area contributed by atoms with Crippen LogP contribution in [0.25, 0.3) is 10.8 Å². The number of benzene rings is 2. The zero-order chi connectivity index (χ0) is 13.5. The quantitative estimate of drug-likeness (QED) is 0.771. The Hall–Kier alpha value is -2.34. The van der Waals surface area contributed by atoms with Gasteiger partial charge in [0.05, 0.1) is 24.5 Å². The number of fused-ring (bicyclic) bond motifs is 1. The number of carbonyl (C=O) groups excluding carboxylic acids is 1. The van der Waals surface area contributed by atoms with E-state index in [9.17, 15) is 10.1 Å². The molecule has 3 nitrogen and oxygen atoms in total. The van der Waals surface area contributed by atoms with E-state index in [1.807, 2.05) is 42.5 Å². The number of nitriles is 1. The van der Waals surface area contributed by atoms with Gasteiger partial charge in [-0.15, -0.1) is 0 Å². The van der Waals surface area contributed by atoms with Gasteiger partial charge in [0.2, 0.25) is 0 Å². The lowest BCUT2D eigenvalue weighted by molar-refractivity contribution is -0.142. The lowest BCUT2D eigenvalue weighted by atomic mass is 9.90. The van der Waals surface area contributed by atoms with E-state index >= 15 is 0 Å². The van der Waals surface area contributed by atoms with Crippen molar-refractivity contribution in [2.75, 3.05) is 7.11 Å². The zero-order valence-electron chi connectivity index (χ0n) is 10.6. The van der Waals surface area contributed by atoms with Crippen LogP contribution in [0.1, 0.15) is 12.0 Å². The Kier molecular flexibility index (Phi) is 2.53. The second-order valence-corrected chi connectivity index (χ2v) is 4.89. The van der Waals surface area contributed by atoms with Crippen LogP contribution in [0.2, 0.25) is 0 Å². The molecule has 1 aliphatic rings. The molecule has 1 fully saturated rings. The lowest BCUT2D eigenvalue weighted by Crippen LogP contribution is -2.15. The zero-order valence-corrected chi connectivity index (χ0v) is 10.6. The normalized spacial score (nSPS) is 24.7. The second-order valence-electron chi connectivity index (χ2n) is 4.89. The Morgan fingerprint density at radius 2 is 2.05 bits per heavy atom. The van der Waals surface area contributed by atoms with Gasteiger partial charge in [-0.25, -0.2) is 0 Å². The molecule has 1 saturated carbocycles. The summed E-state index contributed by atoms with van der Waals surface area (Å²) in [5.41, 5.74) is 0.219. The van der Waals surface area contributed by atoms with Crippen LogP contribution in [-0.2, 0) is 14.9 Å². The van der Waals surface area contributed by atoms with E-state index in [4.69, 9.17) is 4.74 Å². The summed E-state index contributed by atoms with van der Waals surface area (Å²) in [5, 5.41) is 11.7. The standard InChI is InChI=1S/C16H13NO2/c1-19-15(18)14-9-16(14,10-17)13-8-4-6-11-5-2-3-7-12(11)13/h2-8,14H,9H2,1H3. The van der Waals surface area contributed by atoms with E-state index in [0.29, 0.717) is 6.42 Å². The van der Waals surface area contributed by atoms with Crippen LogP contribution >= 0.6 is 0 Å². The van der Waals surface area contributed by atoms with Crippen molar-refractivity contribution in [3.8, 4) is 6.07 Å². The number of methoxy groups -OCH3 is 1. The maximum absolute atomic E-state index is 11.7. The summed E-state index contributed by atoms with van der Waals surface area (Å²) in [5.74, 6) is -0.636. The molecule has 2 aromatic rings. The summed E-state index contributed by atoms with van der Waals surface area (Å²) in [7, 11) is 1.37.